The number of H-pyrrole nitrogens is 1. The minimum Gasteiger partial charge on any atom is -0.325 e. The Balaban J connectivity index is 1.96. The number of para-hydroxylation sites is 1. The van der Waals surface area contributed by atoms with Crippen molar-refractivity contribution in [2.75, 3.05) is 18.9 Å². The van der Waals surface area contributed by atoms with Gasteiger partial charge in [-0.3, -0.25) is 14.5 Å². The van der Waals surface area contributed by atoms with E-state index in [1.54, 1.807) is 0 Å². The highest BCUT2D eigenvalue weighted by atomic mass is 16.2. The molecule has 0 bridgehead atoms. The molecule has 24 heavy (non-hydrogen) atoms. The lowest BCUT2D eigenvalue weighted by Crippen LogP contribution is -2.31. The van der Waals surface area contributed by atoms with Crippen LogP contribution in [0, 0.1) is 0 Å². The molecule has 1 aromatic carbocycles. The third-order valence-corrected chi connectivity index (χ3v) is 3.71. The molecule has 0 radical (unpaired) electrons. The fourth-order valence-electron chi connectivity index (χ4n) is 2.52. The first kappa shape index (κ1) is 17.9. The highest BCUT2D eigenvalue weighted by Gasteiger charge is 2.11. The summed E-state index contributed by atoms with van der Waals surface area (Å²) in [5.74, 6) is 0.482. The number of hydrogen-bond acceptors (Lipinski definition) is 4. The summed E-state index contributed by atoms with van der Waals surface area (Å²) in [5.41, 5.74) is 2.54. The van der Waals surface area contributed by atoms with E-state index in [0.29, 0.717) is 18.8 Å². The number of likely N-dealkylation sites (N-methyl/N-ethyl adjacent to an activating group) is 1. The summed E-state index contributed by atoms with van der Waals surface area (Å²) in [6.45, 7) is 4.64. The Morgan fingerprint density at radius 3 is 2.71 bits per heavy atom. The number of benzene rings is 1. The van der Waals surface area contributed by atoms with Crippen molar-refractivity contribution in [1.29, 1.82) is 0 Å². The van der Waals surface area contributed by atoms with Crippen molar-refractivity contribution in [1.82, 2.24) is 14.9 Å². The molecule has 6 heteroatoms. The van der Waals surface area contributed by atoms with E-state index in [1.165, 1.54) is 6.07 Å². The van der Waals surface area contributed by atoms with Crippen LogP contribution in [-0.2, 0) is 24.2 Å². The van der Waals surface area contributed by atoms with Gasteiger partial charge in [-0.25, -0.2) is 4.98 Å². The number of amides is 1. The highest BCUT2D eigenvalue weighted by molar-refractivity contribution is 5.92. The van der Waals surface area contributed by atoms with Crippen molar-refractivity contribution in [3.05, 3.63) is 57.8 Å². The summed E-state index contributed by atoms with van der Waals surface area (Å²) in [6, 6.07) is 9.27. The molecule has 0 aliphatic rings. The van der Waals surface area contributed by atoms with Crippen molar-refractivity contribution in [2.24, 2.45) is 0 Å². The Kier molecular flexibility index (Phi) is 6.26. The van der Waals surface area contributed by atoms with Crippen LogP contribution in [-0.4, -0.2) is 34.4 Å². The zero-order valence-electron chi connectivity index (χ0n) is 14.4. The maximum atomic E-state index is 12.2. The summed E-state index contributed by atoms with van der Waals surface area (Å²) < 4.78 is 0. The number of nitrogens with zero attached hydrogens (tertiary/aromatic N) is 2. The van der Waals surface area contributed by atoms with Gasteiger partial charge in [0.05, 0.1) is 13.1 Å². The molecule has 128 valence electrons. The second kappa shape index (κ2) is 8.40. The molecule has 0 atom stereocenters. The molecule has 2 aromatic rings. The third kappa shape index (κ3) is 5.03. The van der Waals surface area contributed by atoms with Crippen LogP contribution in [0.4, 0.5) is 5.69 Å². The van der Waals surface area contributed by atoms with Crippen molar-refractivity contribution in [2.45, 2.75) is 33.2 Å². The molecule has 0 fully saturated rings. The quantitative estimate of drug-likeness (QED) is 0.814. The summed E-state index contributed by atoms with van der Waals surface area (Å²) in [5, 5.41) is 2.94. The van der Waals surface area contributed by atoms with Gasteiger partial charge in [-0.05, 0) is 31.5 Å². The van der Waals surface area contributed by atoms with Gasteiger partial charge in [0, 0.05) is 17.4 Å². The fourth-order valence-corrected chi connectivity index (χ4v) is 2.52. The van der Waals surface area contributed by atoms with Crippen LogP contribution in [0.3, 0.4) is 0 Å². The van der Waals surface area contributed by atoms with Gasteiger partial charge in [-0.15, -0.1) is 0 Å². The molecule has 0 saturated heterocycles. The van der Waals surface area contributed by atoms with Crippen LogP contribution >= 0.6 is 0 Å². The summed E-state index contributed by atoms with van der Waals surface area (Å²) in [4.78, 5) is 32.7. The Hall–Kier alpha value is -2.47. The highest BCUT2D eigenvalue weighted by Crippen LogP contribution is 2.15. The number of carbonyl (C=O) groups excluding carboxylic acids is 1. The summed E-state index contributed by atoms with van der Waals surface area (Å²) in [6.07, 6.45) is 1.57. The van der Waals surface area contributed by atoms with Crippen LogP contribution in [0.5, 0.6) is 0 Å². The lowest BCUT2D eigenvalue weighted by molar-refractivity contribution is -0.117. The third-order valence-electron chi connectivity index (χ3n) is 3.71. The maximum Gasteiger partial charge on any atom is 0.251 e. The molecule has 2 N–H and O–H groups in total. The normalized spacial score (nSPS) is 10.8. The van der Waals surface area contributed by atoms with Gasteiger partial charge in [0.25, 0.3) is 5.56 Å². The minimum absolute atomic E-state index is 0.0904. The predicted molar refractivity (Wildman–Crippen MR) is 95.0 cm³/mol. The van der Waals surface area contributed by atoms with Crippen molar-refractivity contribution in [3.63, 3.8) is 0 Å². The Bertz CT molecular complexity index is 755. The molecular formula is C18H24N4O2. The molecule has 1 amide bonds. The largest absolute Gasteiger partial charge is 0.325 e. The number of anilines is 1. The molecule has 2 rings (SSSR count). The first-order valence-electron chi connectivity index (χ1n) is 8.17. The van der Waals surface area contributed by atoms with Gasteiger partial charge in [0.15, 0.2) is 0 Å². The van der Waals surface area contributed by atoms with Gasteiger partial charge < -0.3 is 10.3 Å². The average molecular weight is 328 g/mol. The van der Waals surface area contributed by atoms with Crippen LogP contribution in [0.2, 0.25) is 0 Å². The van der Waals surface area contributed by atoms with Crippen LogP contribution in [0.15, 0.2) is 35.1 Å². The molecule has 0 aliphatic heterocycles. The molecule has 6 nitrogen and oxygen atoms in total. The smallest absolute Gasteiger partial charge is 0.251 e. The van der Waals surface area contributed by atoms with E-state index in [9.17, 15) is 9.59 Å². The van der Waals surface area contributed by atoms with E-state index in [0.717, 1.165) is 23.4 Å². The number of carbonyl (C=O) groups is 1. The number of nitrogens with one attached hydrogen (secondary N) is 2. The number of aromatic amines is 1. The van der Waals surface area contributed by atoms with Crippen LogP contribution in [0.1, 0.15) is 30.9 Å². The zero-order valence-corrected chi connectivity index (χ0v) is 14.4. The van der Waals surface area contributed by atoms with E-state index in [4.69, 9.17) is 0 Å². The van der Waals surface area contributed by atoms with E-state index in [2.05, 4.69) is 22.2 Å². The van der Waals surface area contributed by atoms with E-state index < -0.39 is 0 Å². The monoisotopic (exact) mass is 328 g/mol. The number of hydrogen-bond donors (Lipinski definition) is 2. The topological polar surface area (TPSA) is 78.1 Å². The molecule has 0 aliphatic carbocycles. The second-order valence-corrected chi connectivity index (χ2v) is 5.77. The van der Waals surface area contributed by atoms with Gasteiger partial charge in [0.2, 0.25) is 5.91 Å². The SMILES string of the molecule is CCc1cc(=O)[nH]c(CN(C)CC(=O)Nc2ccccc2CC)n1. The maximum absolute atomic E-state index is 12.2. The van der Waals surface area contributed by atoms with Crippen molar-refractivity contribution >= 4 is 11.6 Å². The predicted octanol–water partition coefficient (Wildman–Crippen LogP) is 1.97. The van der Waals surface area contributed by atoms with Crippen LogP contribution < -0.4 is 10.9 Å². The van der Waals surface area contributed by atoms with E-state index >= 15 is 0 Å². The second-order valence-electron chi connectivity index (χ2n) is 5.77. The molecule has 1 aromatic heterocycles. The average Bonchev–Trinajstić information content (AvgIpc) is 2.54. The standard InChI is InChI=1S/C18H24N4O2/c1-4-13-8-6-7-9-15(13)20-18(24)12-22(3)11-16-19-14(5-2)10-17(23)21-16/h6-10H,4-5,11-12H2,1-3H3,(H,20,24)(H,19,21,23). The number of aromatic nitrogens is 2. The molecule has 0 unspecified atom stereocenters. The molecule has 0 saturated carbocycles. The van der Waals surface area contributed by atoms with Gasteiger partial charge in [0.1, 0.15) is 5.82 Å². The van der Waals surface area contributed by atoms with Gasteiger partial charge in [-0.2, -0.15) is 0 Å². The van der Waals surface area contributed by atoms with Gasteiger partial charge in [-0.1, -0.05) is 32.0 Å². The zero-order chi connectivity index (χ0) is 17.5. The fraction of sp³-hybridized carbons (Fsp3) is 0.389. The number of rotatable bonds is 7. The summed E-state index contributed by atoms with van der Waals surface area (Å²) in [7, 11) is 1.82. The van der Waals surface area contributed by atoms with E-state index in [-0.39, 0.29) is 18.0 Å². The van der Waals surface area contributed by atoms with E-state index in [1.807, 2.05) is 43.1 Å². The lowest BCUT2D eigenvalue weighted by atomic mass is 10.1. The molecule has 0 spiro atoms. The van der Waals surface area contributed by atoms with Crippen molar-refractivity contribution in [3.8, 4) is 0 Å². The molecule has 1 heterocycles. The minimum atomic E-state index is -0.161. The number of aryl methyl sites for hydroxylation is 2. The Morgan fingerprint density at radius 2 is 2.00 bits per heavy atom. The Morgan fingerprint density at radius 1 is 1.25 bits per heavy atom. The molecular weight excluding hydrogens is 304 g/mol. The summed E-state index contributed by atoms with van der Waals surface area (Å²) >= 11 is 0. The van der Waals surface area contributed by atoms with Gasteiger partial charge >= 0.3 is 0 Å². The first-order chi connectivity index (χ1) is 11.5. The first-order valence-corrected chi connectivity index (χ1v) is 8.17. The van der Waals surface area contributed by atoms with Crippen LogP contribution in [0.25, 0.3) is 0 Å². The Labute approximate surface area is 141 Å². The lowest BCUT2D eigenvalue weighted by Gasteiger charge is -2.17. The van der Waals surface area contributed by atoms with Crippen molar-refractivity contribution < 1.29 is 4.79 Å².